The Morgan fingerprint density at radius 2 is 1.96 bits per heavy atom. The van der Waals surface area contributed by atoms with Gasteiger partial charge in [0.1, 0.15) is 6.04 Å². The minimum atomic E-state index is -1.02. The summed E-state index contributed by atoms with van der Waals surface area (Å²) >= 11 is 1.26. The SMILES string of the molecule is O=C(Cc1cccc2ccccc12)NC(CO)C(=O)Nc1nccs1. The maximum atomic E-state index is 12.3. The van der Waals surface area contributed by atoms with Crippen LogP contribution in [0.5, 0.6) is 0 Å². The van der Waals surface area contributed by atoms with Crippen LogP contribution in [0, 0.1) is 0 Å². The molecule has 0 saturated heterocycles. The summed E-state index contributed by atoms with van der Waals surface area (Å²) in [6, 6.07) is 12.5. The first-order valence-corrected chi connectivity index (χ1v) is 8.62. The smallest absolute Gasteiger partial charge is 0.251 e. The van der Waals surface area contributed by atoms with Gasteiger partial charge in [0, 0.05) is 11.6 Å². The second-order valence-electron chi connectivity index (χ2n) is 5.44. The largest absolute Gasteiger partial charge is 0.394 e. The molecule has 128 valence electrons. The van der Waals surface area contributed by atoms with Crippen molar-refractivity contribution in [2.75, 3.05) is 11.9 Å². The summed E-state index contributed by atoms with van der Waals surface area (Å²) in [4.78, 5) is 28.4. The average molecular weight is 355 g/mol. The first-order chi connectivity index (χ1) is 12.2. The van der Waals surface area contributed by atoms with Gasteiger partial charge in [-0.05, 0) is 16.3 Å². The van der Waals surface area contributed by atoms with E-state index in [0.717, 1.165) is 16.3 Å². The number of benzene rings is 2. The van der Waals surface area contributed by atoms with Crippen LogP contribution in [0.25, 0.3) is 10.8 Å². The number of carbonyl (C=O) groups excluding carboxylic acids is 2. The fraction of sp³-hybridized carbons (Fsp3) is 0.167. The molecule has 1 aromatic heterocycles. The molecule has 2 amide bonds. The van der Waals surface area contributed by atoms with E-state index in [2.05, 4.69) is 15.6 Å². The summed E-state index contributed by atoms with van der Waals surface area (Å²) < 4.78 is 0. The molecule has 7 heteroatoms. The van der Waals surface area contributed by atoms with E-state index in [-0.39, 0.29) is 12.3 Å². The molecule has 1 atom stereocenters. The molecule has 3 aromatic rings. The van der Waals surface area contributed by atoms with Crippen molar-refractivity contribution < 1.29 is 14.7 Å². The third-order valence-electron chi connectivity index (χ3n) is 3.73. The molecule has 0 spiro atoms. The molecular weight excluding hydrogens is 338 g/mol. The molecule has 0 radical (unpaired) electrons. The first-order valence-electron chi connectivity index (χ1n) is 7.74. The van der Waals surface area contributed by atoms with E-state index in [1.807, 2.05) is 42.5 Å². The summed E-state index contributed by atoms with van der Waals surface area (Å²) in [5.74, 6) is -0.826. The quantitative estimate of drug-likeness (QED) is 0.630. The highest BCUT2D eigenvalue weighted by molar-refractivity contribution is 7.13. The summed E-state index contributed by atoms with van der Waals surface area (Å²) in [5.41, 5.74) is 0.868. The number of carbonyl (C=O) groups is 2. The zero-order chi connectivity index (χ0) is 17.6. The molecule has 6 nitrogen and oxygen atoms in total. The maximum absolute atomic E-state index is 12.3. The normalized spacial score (nSPS) is 11.9. The van der Waals surface area contributed by atoms with E-state index < -0.39 is 18.6 Å². The highest BCUT2D eigenvalue weighted by Crippen LogP contribution is 2.19. The predicted molar refractivity (Wildman–Crippen MR) is 97.4 cm³/mol. The van der Waals surface area contributed by atoms with Gasteiger partial charge in [-0.3, -0.25) is 9.59 Å². The van der Waals surface area contributed by atoms with E-state index in [1.54, 1.807) is 11.6 Å². The number of hydrogen-bond acceptors (Lipinski definition) is 5. The number of aliphatic hydroxyl groups is 1. The monoisotopic (exact) mass is 355 g/mol. The lowest BCUT2D eigenvalue weighted by molar-refractivity contribution is -0.126. The topological polar surface area (TPSA) is 91.3 Å². The molecule has 0 aliphatic rings. The van der Waals surface area contributed by atoms with Gasteiger partial charge in [0.15, 0.2) is 5.13 Å². The highest BCUT2D eigenvalue weighted by atomic mass is 32.1. The van der Waals surface area contributed by atoms with Gasteiger partial charge >= 0.3 is 0 Å². The van der Waals surface area contributed by atoms with Crippen molar-refractivity contribution in [2.45, 2.75) is 12.5 Å². The van der Waals surface area contributed by atoms with Gasteiger partial charge in [-0.25, -0.2) is 4.98 Å². The van der Waals surface area contributed by atoms with Crippen LogP contribution < -0.4 is 10.6 Å². The predicted octanol–water partition coefficient (Wildman–Crippen LogP) is 1.95. The van der Waals surface area contributed by atoms with Crippen LogP contribution in [0.15, 0.2) is 54.0 Å². The second-order valence-corrected chi connectivity index (χ2v) is 6.34. The van der Waals surface area contributed by atoms with Crippen LogP contribution in [0.1, 0.15) is 5.56 Å². The minimum Gasteiger partial charge on any atom is -0.394 e. The molecule has 3 rings (SSSR count). The average Bonchev–Trinajstić information content (AvgIpc) is 3.13. The summed E-state index contributed by atoms with van der Waals surface area (Å²) in [7, 11) is 0. The summed E-state index contributed by atoms with van der Waals surface area (Å²) in [6.07, 6.45) is 1.69. The summed E-state index contributed by atoms with van der Waals surface area (Å²) in [6.45, 7) is -0.488. The van der Waals surface area contributed by atoms with Gasteiger partial charge in [-0.1, -0.05) is 42.5 Å². The van der Waals surface area contributed by atoms with Crippen LogP contribution >= 0.6 is 11.3 Å². The number of aliphatic hydroxyl groups excluding tert-OH is 1. The fourth-order valence-electron chi connectivity index (χ4n) is 2.54. The van der Waals surface area contributed by atoms with Crippen molar-refractivity contribution in [3.8, 4) is 0 Å². The van der Waals surface area contributed by atoms with Crippen molar-refractivity contribution in [3.63, 3.8) is 0 Å². The standard InChI is InChI=1S/C18H17N3O3S/c22-11-15(17(24)21-18-19-8-9-25-18)20-16(23)10-13-6-3-5-12-4-1-2-7-14(12)13/h1-9,15,22H,10-11H2,(H,20,23)(H,19,21,24). The summed E-state index contributed by atoms with van der Waals surface area (Å²) in [5, 5.41) is 18.7. The number of aromatic nitrogens is 1. The number of hydrogen-bond donors (Lipinski definition) is 3. The number of nitrogens with one attached hydrogen (secondary N) is 2. The highest BCUT2D eigenvalue weighted by Gasteiger charge is 2.21. The van der Waals surface area contributed by atoms with Crippen LogP contribution in [-0.4, -0.2) is 34.6 Å². The van der Waals surface area contributed by atoms with Crippen molar-refractivity contribution in [1.29, 1.82) is 0 Å². The lowest BCUT2D eigenvalue weighted by Crippen LogP contribution is -2.46. The van der Waals surface area contributed by atoms with Crippen molar-refractivity contribution in [3.05, 3.63) is 59.6 Å². The molecule has 1 heterocycles. The number of amides is 2. The lowest BCUT2D eigenvalue weighted by Gasteiger charge is -2.15. The first kappa shape index (κ1) is 17.1. The van der Waals surface area contributed by atoms with Crippen molar-refractivity contribution in [1.82, 2.24) is 10.3 Å². The Hall–Kier alpha value is -2.77. The van der Waals surface area contributed by atoms with Crippen LogP contribution in [0.2, 0.25) is 0 Å². The number of rotatable bonds is 6. The molecule has 2 aromatic carbocycles. The minimum absolute atomic E-state index is 0.127. The number of thiazole rings is 1. The number of anilines is 1. The Bertz CT molecular complexity index is 875. The zero-order valence-electron chi connectivity index (χ0n) is 13.3. The Kier molecular flexibility index (Phi) is 5.37. The van der Waals surface area contributed by atoms with Crippen LogP contribution in [-0.2, 0) is 16.0 Å². The zero-order valence-corrected chi connectivity index (χ0v) is 14.1. The Morgan fingerprint density at radius 1 is 1.16 bits per heavy atom. The molecule has 3 N–H and O–H groups in total. The lowest BCUT2D eigenvalue weighted by atomic mass is 10.0. The Balaban J connectivity index is 1.66. The molecule has 0 aliphatic heterocycles. The Morgan fingerprint density at radius 3 is 2.72 bits per heavy atom. The third kappa shape index (κ3) is 4.20. The van der Waals surface area contributed by atoms with E-state index in [0.29, 0.717) is 5.13 Å². The van der Waals surface area contributed by atoms with E-state index in [1.165, 1.54) is 11.3 Å². The maximum Gasteiger partial charge on any atom is 0.251 e. The van der Waals surface area contributed by atoms with Gasteiger partial charge in [0.25, 0.3) is 5.91 Å². The fourth-order valence-corrected chi connectivity index (χ4v) is 3.07. The van der Waals surface area contributed by atoms with Gasteiger partial charge in [-0.2, -0.15) is 0 Å². The number of nitrogens with zero attached hydrogens (tertiary/aromatic N) is 1. The van der Waals surface area contributed by atoms with Gasteiger partial charge in [0.2, 0.25) is 5.91 Å². The molecule has 25 heavy (non-hydrogen) atoms. The van der Waals surface area contributed by atoms with Gasteiger partial charge in [-0.15, -0.1) is 11.3 Å². The van der Waals surface area contributed by atoms with Gasteiger partial charge < -0.3 is 15.7 Å². The Labute approximate surface area is 148 Å². The molecule has 1 unspecified atom stereocenters. The van der Waals surface area contributed by atoms with E-state index >= 15 is 0 Å². The number of fused-ring (bicyclic) bond motifs is 1. The van der Waals surface area contributed by atoms with E-state index in [4.69, 9.17) is 0 Å². The molecule has 0 fully saturated rings. The molecular formula is C18H17N3O3S. The molecule has 0 saturated carbocycles. The van der Waals surface area contributed by atoms with Crippen LogP contribution in [0.3, 0.4) is 0 Å². The van der Waals surface area contributed by atoms with Gasteiger partial charge in [0.05, 0.1) is 13.0 Å². The molecule has 0 aliphatic carbocycles. The van der Waals surface area contributed by atoms with Crippen molar-refractivity contribution >= 4 is 39.1 Å². The van der Waals surface area contributed by atoms with Crippen LogP contribution in [0.4, 0.5) is 5.13 Å². The van der Waals surface area contributed by atoms with E-state index in [9.17, 15) is 14.7 Å². The van der Waals surface area contributed by atoms with Crippen molar-refractivity contribution in [2.24, 2.45) is 0 Å². The third-order valence-corrected chi connectivity index (χ3v) is 4.42. The molecule has 0 bridgehead atoms. The second kappa shape index (κ2) is 7.87.